The Morgan fingerprint density at radius 3 is 2.80 bits per heavy atom. The molecule has 0 radical (unpaired) electrons. The maximum absolute atomic E-state index is 14.4. The maximum Gasteiger partial charge on any atom is 0.256 e. The predicted octanol–water partition coefficient (Wildman–Crippen LogP) is 1.74. The second kappa shape index (κ2) is 9.19. The smallest absolute Gasteiger partial charge is 0.256 e. The van der Waals surface area contributed by atoms with Crippen molar-refractivity contribution in [2.45, 2.75) is 18.2 Å². The number of sulfonamides is 1. The minimum Gasteiger partial charge on any atom is -0.354 e. The molecule has 10 heteroatoms. The van der Waals surface area contributed by atoms with Gasteiger partial charge in [0.2, 0.25) is 10.0 Å². The maximum atomic E-state index is 14.4. The molecule has 0 bridgehead atoms. The summed E-state index contributed by atoms with van der Waals surface area (Å²) in [5.41, 5.74) is 0.169. The first-order chi connectivity index (χ1) is 14.4. The standard InChI is InChI=1S/C20H22FN5O3S/c1-2-24-30(28,29)16-6-7-18(21)17(13-16)20(27)26-10-4-9-25(11-12-26)19-15(14-22)5-3-8-23-19/h3,5-8,13,24H,2,4,9-12H2,1H3. The van der Waals surface area contributed by atoms with Crippen LogP contribution in [0.5, 0.6) is 0 Å². The minimum atomic E-state index is -3.81. The molecule has 1 aromatic heterocycles. The monoisotopic (exact) mass is 431 g/mol. The summed E-state index contributed by atoms with van der Waals surface area (Å²) in [4.78, 5) is 20.5. The van der Waals surface area contributed by atoms with E-state index in [0.717, 1.165) is 18.2 Å². The van der Waals surface area contributed by atoms with Crippen molar-refractivity contribution in [3.8, 4) is 6.07 Å². The number of aromatic nitrogens is 1. The summed E-state index contributed by atoms with van der Waals surface area (Å²) in [6, 6.07) is 8.69. The van der Waals surface area contributed by atoms with Gasteiger partial charge < -0.3 is 9.80 Å². The van der Waals surface area contributed by atoms with Crippen LogP contribution in [0.3, 0.4) is 0 Å². The molecule has 8 nitrogen and oxygen atoms in total. The molecule has 1 aliphatic rings. The number of anilines is 1. The van der Waals surface area contributed by atoms with E-state index < -0.39 is 21.7 Å². The van der Waals surface area contributed by atoms with E-state index in [1.807, 2.05) is 4.90 Å². The summed E-state index contributed by atoms with van der Waals surface area (Å²) in [7, 11) is -3.81. The van der Waals surface area contributed by atoms with Crippen LogP contribution in [0.4, 0.5) is 10.2 Å². The first-order valence-electron chi connectivity index (χ1n) is 9.56. The van der Waals surface area contributed by atoms with Crippen LogP contribution in [-0.2, 0) is 10.0 Å². The Balaban J connectivity index is 1.81. The molecular weight excluding hydrogens is 409 g/mol. The van der Waals surface area contributed by atoms with Gasteiger partial charge in [0.25, 0.3) is 5.91 Å². The molecule has 0 aliphatic carbocycles. The van der Waals surface area contributed by atoms with Gasteiger partial charge in [-0.05, 0) is 36.8 Å². The fourth-order valence-corrected chi connectivity index (χ4v) is 4.41. The molecule has 1 aliphatic heterocycles. The predicted molar refractivity (Wildman–Crippen MR) is 109 cm³/mol. The number of benzene rings is 1. The van der Waals surface area contributed by atoms with Crippen molar-refractivity contribution in [2.24, 2.45) is 0 Å². The highest BCUT2D eigenvalue weighted by Crippen LogP contribution is 2.21. The molecule has 1 fully saturated rings. The average molecular weight is 431 g/mol. The van der Waals surface area contributed by atoms with Crippen LogP contribution in [0.15, 0.2) is 41.4 Å². The topological polar surface area (TPSA) is 106 Å². The van der Waals surface area contributed by atoms with Crippen LogP contribution in [0.2, 0.25) is 0 Å². The number of halogens is 1. The fraction of sp³-hybridized carbons (Fsp3) is 0.350. The SMILES string of the molecule is CCNS(=O)(=O)c1ccc(F)c(C(=O)N2CCCN(c3ncccc3C#N)CC2)c1. The number of nitriles is 1. The molecule has 0 atom stereocenters. The van der Waals surface area contributed by atoms with Gasteiger partial charge in [-0.1, -0.05) is 6.92 Å². The molecule has 3 rings (SSSR count). The van der Waals surface area contributed by atoms with E-state index in [1.165, 1.54) is 4.90 Å². The number of pyridine rings is 1. The lowest BCUT2D eigenvalue weighted by Crippen LogP contribution is -2.36. The lowest BCUT2D eigenvalue weighted by Gasteiger charge is -2.23. The third-order valence-corrected chi connectivity index (χ3v) is 6.35. The lowest BCUT2D eigenvalue weighted by molar-refractivity contribution is 0.0762. The number of rotatable bonds is 5. The van der Waals surface area contributed by atoms with Crippen molar-refractivity contribution in [3.63, 3.8) is 0 Å². The van der Waals surface area contributed by atoms with Gasteiger partial charge >= 0.3 is 0 Å². The second-order valence-electron chi connectivity index (χ2n) is 6.76. The molecule has 2 heterocycles. The van der Waals surface area contributed by atoms with Gasteiger partial charge in [-0.3, -0.25) is 4.79 Å². The number of carbonyl (C=O) groups is 1. The zero-order valence-electron chi connectivity index (χ0n) is 16.5. The van der Waals surface area contributed by atoms with Gasteiger partial charge in [0, 0.05) is 38.9 Å². The second-order valence-corrected chi connectivity index (χ2v) is 8.53. The molecule has 1 aromatic carbocycles. The van der Waals surface area contributed by atoms with Crippen molar-refractivity contribution in [3.05, 3.63) is 53.5 Å². The van der Waals surface area contributed by atoms with Gasteiger partial charge in [0.15, 0.2) is 0 Å². The number of carbonyl (C=O) groups excluding carboxylic acids is 1. The molecule has 0 unspecified atom stereocenters. The Morgan fingerprint density at radius 2 is 2.07 bits per heavy atom. The van der Waals surface area contributed by atoms with E-state index in [0.29, 0.717) is 44.0 Å². The number of hydrogen-bond acceptors (Lipinski definition) is 6. The molecule has 0 spiro atoms. The zero-order valence-corrected chi connectivity index (χ0v) is 17.3. The van der Waals surface area contributed by atoms with E-state index in [-0.39, 0.29) is 17.0 Å². The van der Waals surface area contributed by atoms with Gasteiger partial charge in [-0.2, -0.15) is 5.26 Å². The van der Waals surface area contributed by atoms with E-state index in [2.05, 4.69) is 15.8 Å². The Kier molecular flexibility index (Phi) is 6.64. The largest absolute Gasteiger partial charge is 0.354 e. The van der Waals surface area contributed by atoms with Crippen LogP contribution in [0, 0.1) is 17.1 Å². The van der Waals surface area contributed by atoms with E-state index in [4.69, 9.17) is 0 Å². The number of nitrogens with one attached hydrogen (secondary N) is 1. The Morgan fingerprint density at radius 1 is 1.27 bits per heavy atom. The van der Waals surface area contributed by atoms with E-state index >= 15 is 0 Å². The molecule has 0 saturated carbocycles. The Bertz CT molecular complexity index is 1080. The number of amides is 1. The first kappa shape index (κ1) is 21.7. The zero-order chi connectivity index (χ0) is 21.7. The summed E-state index contributed by atoms with van der Waals surface area (Å²) in [6.45, 7) is 3.51. The van der Waals surface area contributed by atoms with E-state index in [9.17, 15) is 22.9 Å². The van der Waals surface area contributed by atoms with Gasteiger partial charge in [-0.25, -0.2) is 22.5 Å². The summed E-state index contributed by atoms with van der Waals surface area (Å²) in [5.74, 6) is -0.781. The normalized spacial score (nSPS) is 14.8. The number of hydrogen-bond donors (Lipinski definition) is 1. The van der Waals surface area contributed by atoms with Gasteiger partial charge in [0.1, 0.15) is 17.7 Å². The van der Waals surface area contributed by atoms with Crippen molar-refractivity contribution < 1.29 is 17.6 Å². The Labute approximate surface area is 175 Å². The first-order valence-corrected chi connectivity index (χ1v) is 11.0. The van der Waals surface area contributed by atoms with Crippen molar-refractivity contribution >= 4 is 21.7 Å². The minimum absolute atomic E-state index is 0.155. The van der Waals surface area contributed by atoms with Gasteiger partial charge in [0.05, 0.1) is 16.0 Å². The van der Waals surface area contributed by atoms with Crippen LogP contribution < -0.4 is 9.62 Å². The van der Waals surface area contributed by atoms with E-state index in [1.54, 1.807) is 25.3 Å². The van der Waals surface area contributed by atoms with Gasteiger partial charge in [-0.15, -0.1) is 0 Å². The highest BCUT2D eigenvalue weighted by molar-refractivity contribution is 7.89. The summed E-state index contributed by atoms with van der Waals surface area (Å²) < 4.78 is 41.1. The molecule has 2 aromatic rings. The Hall–Kier alpha value is -3.03. The molecule has 158 valence electrons. The number of nitrogens with zero attached hydrogens (tertiary/aromatic N) is 4. The molecule has 30 heavy (non-hydrogen) atoms. The van der Waals surface area contributed by atoms with Crippen molar-refractivity contribution in [1.29, 1.82) is 5.26 Å². The van der Waals surface area contributed by atoms with Crippen LogP contribution in [0.25, 0.3) is 0 Å². The van der Waals surface area contributed by atoms with Crippen molar-refractivity contribution in [1.82, 2.24) is 14.6 Å². The molecule has 1 saturated heterocycles. The average Bonchev–Trinajstić information content (AvgIpc) is 2.99. The molecular formula is C20H22FN5O3S. The third kappa shape index (κ3) is 4.58. The highest BCUT2D eigenvalue weighted by atomic mass is 32.2. The lowest BCUT2D eigenvalue weighted by atomic mass is 10.2. The fourth-order valence-electron chi connectivity index (χ4n) is 3.35. The highest BCUT2D eigenvalue weighted by Gasteiger charge is 2.25. The molecule has 1 amide bonds. The van der Waals surface area contributed by atoms with Crippen molar-refractivity contribution in [2.75, 3.05) is 37.6 Å². The third-order valence-electron chi connectivity index (χ3n) is 4.80. The van der Waals surface area contributed by atoms with Crippen LogP contribution in [-0.4, -0.2) is 56.9 Å². The van der Waals surface area contributed by atoms with Crippen LogP contribution in [0.1, 0.15) is 29.3 Å². The van der Waals surface area contributed by atoms with Crippen LogP contribution >= 0.6 is 0 Å². The summed E-state index contributed by atoms with van der Waals surface area (Å²) in [6.07, 6.45) is 2.21. The quantitative estimate of drug-likeness (QED) is 0.773. The molecule has 1 N–H and O–H groups in total. The summed E-state index contributed by atoms with van der Waals surface area (Å²) >= 11 is 0. The summed E-state index contributed by atoms with van der Waals surface area (Å²) in [5, 5.41) is 9.29.